The van der Waals surface area contributed by atoms with Crippen molar-refractivity contribution in [2.24, 2.45) is 0 Å². The number of hydrogen-bond donors (Lipinski definition) is 2. The largest absolute Gasteiger partial charge is 0.396 e. The van der Waals surface area contributed by atoms with Crippen LogP contribution in [0.2, 0.25) is 0 Å². The van der Waals surface area contributed by atoms with Gasteiger partial charge in [0.25, 0.3) is 0 Å². The Balaban J connectivity index is 1.75. The van der Waals surface area contributed by atoms with Crippen LogP contribution in [0.4, 0.5) is 11.4 Å². The zero-order valence-corrected chi connectivity index (χ0v) is 14.1. The highest BCUT2D eigenvalue weighted by Gasteiger charge is 2.18. The van der Waals surface area contributed by atoms with E-state index in [0.29, 0.717) is 12.6 Å². The third kappa shape index (κ3) is 5.18. The standard InChI is InChI=1S/C18H31N3O/c1-16(2)20-11-13-21(14-12-20)18-8-6-17(7-9-18)19-10-4-3-5-15-22/h6-9,16,19,22H,3-5,10-15H2,1-2H3. The maximum Gasteiger partial charge on any atom is 0.0431 e. The summed E-state index contributed by atoms with van der Waals surface area (Å²) in [6.07, 6.45) is 3.10. The van der Waals surface area contributed by atoms with Crippen molar-refractivity contribution < 1.29 is 5.11 Å². The van der Waals surface area contributed by atoms with Gasteiger partial charge in [-0.25, -0.2) is 0 Å². The van der Waals surface area contributed by atoms with Crippen molar-refractivity contribution in [1.82, 2.24) is 4.90 Å². The van der Waals surface area contributed by atoms with E-state index >= 15 is 0 Å². The van der Waals surface area contributed by atoms with E-state index in [9.17, 15) is 0 Å². The van der Waals surface area contributed by atoms with Gasteiger partial charge >= 0.3 is 0 Å². The Morgan fingerprint density at radius 3 is 2.27 bits per heavy atom. The van der Waals surface area contributed by atoms with Gasteiger partial charge in [-0.2, -0.15) is 0 Å². The summed E-state index contributed by atoms with van der Waals surface area (Å²) in [6.45, 7) is 10.4. The first-order valence-electron chi connectivity index (χ1n) is 8.64. The molecule has 1 heterocycles. The minimum Gasteiger partial charge on any atom is -0.396 e. The number of piperazine rings is 1. The molecule has 0 saturated carbocycles. The molecule has 22 heavy (non-hydrogen) atoms. The topological polar surface area (TPSA) is 38.7 Å². The van der Waals surface area contributed by atoms with Crippen LogP contribution in [0.3, 0.4) is 0 Å². The Bertz CT molecular complexity index is 411. The molecule has 1 aromatic carbocycles. The summed E-state index contributed by atoms with van der Waals surface area (Å²) in [6, 6.07) is 9.45. The average Bonchev–Trinajstić information content (AvgIpc) is 2.55. The van der Waals surface area contributed by atoms with Gasteiger partial charge in [-0.3, -0.25) is 4.90 Å². The number of anilines is 2. The van der Waals surface area contributed by atoms with E-state index in [2.05, 4.69) is 53.2 Å². The Labute approximate surface area is 135 Å². The van der Waals surface area contributed by atoms with Crippen LogP contribution in [0.15, 0.2) is 24.3 Å². The summed E-state index contributed by atoms with van der Waals surface area (Å²) in [4.78, 5) is 5.02. The van der Waals surface area contributed by atoms with Crippen LogP contribution in [0.5, 0.6) is 0 Å². The van der Waals surface area contributed by atoms with E-state index in [0.717, 1.165) is 52.0 Å². The molecule has 0 bridgehead atoms. The monoisotopic (exact) mass is 305 g/mol. The number of benzene rings is 1. The minimum atomic E-state index is 0.304. The number of unbranched alkanes of at least 4 members (excludes halogenated alkanes) is 2. The molecule has 1 aromatic rings. The molecule has 2 rings (SSSR count). The molecule has 124 valence electrons. The van der Waals surface area contributed by atoms with Crippen molar-refractivity contribution in [1.29, 1.82) is 0 Å². The Morgan fingerprint density at radius 2 is 1.68 bits per heavy atom. The first kappa shape index (κ1) is 17.1. The normalized spacial score (nSPS) is 16.3. The zero-order valence-electron chi connectivity index (χ0n) is 14.1. The summed E-state index contributed by atoms with van der Waals surface area (Å²) in [5.41, 5.74) is 2.52. The molecular formula is C18H31N3O. The second kappa shape index (κ2) is 9.01. The number of aliphatic hydroxyl groups excluding tert-OH is 1. The van der Waals surface area contributed by atoms with Crippen LogP contribution in [-0.2, 0) is 0 Å². The zero-order chi connectivity index (χ0) is 15.8. The Kier molecular flexibility index (Phi) is 7.00. The van der Waals surface area contributed by atoms with Crippen LogP contribution in [0.25, 0.3) is 0 Å². The van der Waals surface area contributed by atoms with Crippen molar-refractivity contribution in [3.8, 4) is 0 Å². The van der Waals surface area contributed by atoms with Gasteiger partial charge in [0.05, 0.1) is 0 Å². The van der Waals surface area contributed by atoms with Crippen LogP contribution >= 0.6 is 0 Å². The van der Waals surface area contributed by atoms with Crippen molar-refractivity contribution in [2.45, 2.75) is 39.2 Å². The quantitative estimate of drug-likeness (QED) is 0.725. The summed E-state index contributed by atoms with van der Waals surface area (Å²) in [7, 11) is 0. The van der Waals surface area contributed by atoms with E-state index in [1.165, 1.54) is 11.4 Å². The number of nitrogens with zero attached hydrogens (tertiary/aromatic N) is 2. The highest BCUT2D eigenvalue weighted by molar-refractivity contribution is 5.55. The summed E-state index contributed by atoms with van der Waals surface area (Å²) < 4.78 is 0. The first-order chi connectivity index (χ1) is 10.7. The summed E-state index contributed by atoms with van der Waals surface area (Å²) in [5.74, 6) is 0. The molecule has 0 spiro atoms. The molecule has 0 amide bonds. The predicted octanol–water partition coefficient (Wildman–Crippen LogP) is 2.79. The molecule has 0 radical (unpaired) electrons. The fraction of sp³-hybridized carbons (Fsp3) is 0.667. The van der Waals surface area contributed by atoms with E-state index in [1.807, 2.05) is 0 Å². The minimum absolute atomic E-state index is 0.304. The van der Waals surface area contributed by atoms with Crippen LogP contribution in [0.1, 0.15) is 33.1 Å². The van der Waals surface area contributed by atoms with E-state index < -0.39 is 0 Å². The van der Waals surface area contributed by atoms with Crippen LogP contribution in [-0.4, -0.2) is 55.4 Å². The molecule has 0 aromatic heterocycles. The molecule has 0 atom stereocenters. The Morgan fingerprint density at radius 1 is 1.00 bits per heavy atom. The van der Waals surface area contributed by atoms with Gasteiger partial charge in [-0.15, -0.1) is 0 Å². The summed E-state index contributed by atoms with van der Waals surface area (Å²) >= 11 is 0. The molecule has 1 aliphatic heterocycles. The maximum absolute atomic E-state index is 8.76. The Hall–Kier alpha value is -1.26. The molecule has 1 fully saturated rings. The lowest BCUT2D eigenvalue weighted by atomic mass is 10.2. The van der Waals surface area contributed by atoms with Crippen molar-refractivity contribution in [3.63, 3.8) is 0 Å². The fourth-order valence-corrected chi connectivity index (χ4v) is 2.93. The van der Waals surface area contributed by atoms with E-state index in [4.69, 9.17) is 5.11 Å². The smallest absolute Gasteiger partial charge is 0.0431 e. The van der Waals surface area contributed by atoms with Gasteiger partial charge in [0.15, 0.2) is 0 Å². The number of nitrogens with one attached hydrogen (secondary N) is 1. The first-order valence-corrected chi connectivity index (χ1v) is 8.64. The van der Waals surface area contributed by atoms with Crippen molar-refractivity contribution in [2.75, 3.05) is 49.5 Å². The van der Waals surface area contributed by atoms with Gasteiger partial charge in [-0.05, 0) is 57.4 Å². The highest BCUT2D eigenvalue weighted by Crippen LogP contribution is 2.20. The molecule has 2 N–H and O–H groups in total. The van der Waals surface area contributed by atoms with Crippen LogP contribution in [0, 0.1) is 0 Å². The molecule has 4 nitrogen and oxygen atoms in total. The maximum atomic E-state index is 8.76. The molecular weight excluding hydrogens is 274 g/mol. The van der Waals surface area contributed by atoms with Gasteiger partial charge in [0.1, 0.15) is 0 Å². The second-order valence-electron chi connectivity index (χ2n) is 6.37. The predicted molar refractivity (Wildman–Crippen MR) is 94.8 cm³/mol. The molecule has 0 unspecified atom stereocenters. The van der Waals surface area contributed by atoms with Crippen LogP contribution < -0.4 is 10.2 Å². The highest BCUT2D eigenvalue weighted by atomic mass is 16.2. The third-order valence-corrected chi connectivity index (χ3v) is 4.44. The van der Waals surface area contributed by atoms with Gasteiger partial charge in [0, 0.05) is 56.7 Å². The second-order valence-corrected chi connectivity index (χ2v) is 6.37. The van der Waals surface area contributed by atoms with Crippen molar-refractivity contribution >= 4 is 11.4 Å². The third-order valence-electron chi connectivity index (χ3n) is 4.44. The summed E-state index contributed by atoms with van der Waals surface area (Å²) in [5, 5.41) is 12.2. The lowest BCUT2D eigenvalue weighted by Crippen LogP contribution is -2.48. The number of hydrogen-bond acceptors (Lipinski definition) is 4. The average molecular weight is 305 g/mol. The van der Waals surface area contributed by atoms with Crippen molar-refractivity contribution in [3.05, 3.63) is 24.3 Å². The van der Waals surface area contributed by atoms with Gasteiger partial charge < -0.3 is 15.3 Å². The van der Waals surface area contributed by atoms with Gasteiger partial charge in [-0.1, -0.05) is 0 Å². The lowest BCUT2D eigenvalue weighted by molar-refractivity contribution is 0.209. The number of rotatable bonds is 8. The molecule has 0 aliphatic carbocycles. The SMILES string of the molecule is CC(C)N1CCN(c2ccc(NCCCCCO)cc2)CC1. The molecule has 1 saturated heterocycles. The van der Waals surface area contributed by atoms with E-state index in [1.54, 1.807) is 0 Å². The molecule has 1 aliphatic rings. The fourth-order valence-electron chi connectivity index (χ4n) is 2.93. The van der Waals surface area contributed by atoms with E-state index in [-0.39, 0.29) is 0 Å². The molecule has 4 heteroatoms. The lowest BCUT2D eigenvalue weighted by Gasteiger charge is -2.38. The van der Waals surface area contributed by atoms with Gasteiger partial charge in [0.2, 0.25) is 0 Å². The number of aliphatic hydroxyl groups is 1.